The Morgan fingerprint density at radius 1 is 1.38 bits per heavy atom. The third-order valence-electron chi connectivity index (χ3n) is 3.12. The molecule has 1 saturated heterocycles. The number of halogens is 1. The molecule has 0 bridgehead atoms. The molecule has 0 aromatic rings. The molecule has 0 saturated carbocycles. The molecule has 0 aliphatic carbocycles. The standard InChI is InChI=1S/C11H20FNO3/c1-10(2)5-8(9(14)15)6-11(3,4)13(10)16-7-12/h8H,5-7H2,1-4H3,(H,14,15). The first-order chi connectivity index (χ1) is 7.20. The lowest BCUT2D eigenvalue weighted by atomic mass is 9.75. The van der Waals surface area contributed by atoms with Crippen molar-refractivity contribution in [2.24, 2.45) is 5.92 Å². The van der Waals surface area contributed by atoms with Gasteiger partial charge in [-0.2, -0.15) is 5.06 Å². The minimum Gasteiger partial charge on any atom is -0.481 e. The Kier molecular flexibility index (Phi) is 3.59. The number of aliphatic carboxylic acids is 1. The second-order valence-electron chi connectivity index (χ2n) is 5.60. The third kappa shape index (κ3) is 2.52. The normalized spacial score (nSPS) is 25.6. The van der Waals surface area contributed by atoms with Gasteiger partial charge in [-0.15, -0.1) is 0 Å². The summed E-state index contributed by atoms with van der Waals surface area (Å²) in [5, 5.41) is 10.7. The van der Waals surface area contributed by atoms with E-state index in [0.717, 1.165) is 0 Å². The molecular formula is C11H20FNO3. The number of hydrogen-bond acceptors (Lipinski definition) is 3. The minimum atomic E-state index is -0.884. The van der Waals surface area contributed by atoms with E-state index in [1.807, 2.05) is 27.7 Å². The number of piperidine rings is 1. The van der Waals surface area contributed by atoms with Crippen molar-refractivity contribution in [3.05, 3.63) is 0 Å². The van der Waals surface area contributed by atoms with Gasteiger partial charge in [0.1, 0.15) is 0 Å². The lowest BCUT2D eigenvalue weighted by molar-refractivity contribution is -0.302. The van der Waals surface area contributed by atoms with E-state index in [1.54, 1.807) is 5.06 Å². The number of rotatable bonds is 3. The van der Waals surface area contributed by atoms with E-state index in [9.17, 15) is 9.18 Å². The fourth-order valence-electron chi connectivity index (χ4n) is 2.84. The van der Waals surface area contributed by atoms with Gasteiger partial charge in [-0.1, -0.05) is 0 Å². The Bertz CT molecular complexity index is 260. The van der Waals surface area contributed by atoms with E-state index in [4.69, 9.17) is 9.94 Å². The molecule has 1 aliphatic rings. The van der Waals surface area contributed by atoms with Gasteiger partial charge in [-0.25, -0.2) is 4.39 Å². The largest absolute Gasteiger partial charge is 0.481 e. The van der Waals surface area contributed by atoms with E-state index < -0.39 is 29.8 Å². The van der Waals surface area contributed by atoms with Gasteiger partial charge in [-0.3, -0.25) is 9.63 Å². The zero-order valence-corrected chi connectivity index (χ0v) is 10.3. The Balaban J connectivity index is 2.93. The van der Waals surface area contributed by atoms with Crippen LogP contribution < -0.4 is 0 Å². The first-order valence-corrected chi connectivity index (χ1v) is 5.43. The number of carbonyl (C=O) groups is 1. The predicted molar refractivity (Wildman–Crippen MR) is 57.4 cm³/mol. The summed E-state index contributed by atoms with van der Waals surface area (Å²) < 4.78 is 12.3. The first kappa shape index (κ1) is 13.4. The smallest absolute Gasteiger partial charge is 0.306 e. The highest BCUT2D eigenvalue weighted by molar-refractivity contribution is 5.70. The molecule has 16 heavy (non-hydrogen) atoms. The predicted octanol–water partition coefficient (Wildman–Crippen LogP) is 2.20. The van der Waals surface area contributed by atoms with Gasteiger partial charge in [0.15, 0.2) is 0 Å². The Morgan fingerprint density at radius 2 is 1.81 bits per heavy atom. The molecule has 5 heteroatoms. The summed E-state index contributed by atoms with van der Waals surface area (Å²) in [7, 11) is 0. The second kappa shape index (κ2) is 4.30. The molecule has 0 spiro atoms. The van der Waals surface area contributed by atoms with Crippen LogP contribution in [-0.2, 0) is 9.63 Å². The van der Waals surface area contributed by atoms with Gasteiger partial charge in [0.2, 0.25) is 6.86 Å². The van der Waals surface area contributed by atoms with Crippen LogP contribution in [0.4, 0.5) is 4.39 Å². The molecule has 1 rings (SSSR count). The fraction of sp³-hybridized carbons (Fsp3) is 0.909. The lowest BCUT2D eigenvalue weighted by Crippen LogP contribution is -2.61. The number of carboxylic acids is 1. The number of carboxylic acid groups (broad SMARTS) is 1. The quantitative estimate of drug-likeness (QED) is 0.811. The van der Waals surface area contributed by atoms with Crippen LogP contribution in [0.15, 0.2) is 0 Å². The summed E-state index contributed by atoms with van der Waals surface area (Å²) in [6.07, 6.45) is 0.928. The highest BCUT2D eigenvalue weighted by Crippen LogP contribution is 2.41. The summed E-state index contributed by atoms with van der Waals surface area (Å²) >= 11 is 0. The molecule has 0 amide bonds. The van der Waals surface area contributed by atoms with Crippen molar-refractivity contribution in [1.29, 1.82) is 0 Å². The van der Waals surface area contributed by atoms with Crippen LogP contribution in [0.2, 0.25) is 0 Å². The van der Waals surface area contributed by atoms with Crippen LogP contribution >= 0.6 is 0 Å². The molecule has 0 atom stereocenters. The van der Waals surface area contributed by atoms with Crippen molar-refractivity contribution >= 4 is 5.97 Å². The highest BCUT2D eigenvalue weighted by Gasteiger charge is 2.48. The molecule has 1 aliphatic heterocycles. The molecule has 4 nitrogen and oxygen atoms in total. The van der Waals surface area contributed by atoms with Crippen LogP contribution in [0.3, 0.4) is 0 Å². The molecule has 1 fully saturated rings. The molecule has 0 aromatic carbocycles. The maximum Gasteiger partial charge on any atom is 0.306 e. The molecule has 1 heterocycles. The van der Waals surface area contributed by atoms with Gasteiger partial charge in [0.25, 0.3) is 0 Å². The Labute approximate surface area is 95.3 Å². The minimum absolute atomic E-state index is 0.399. The van der Waals surface area contributed by atoms with E-state index in [0.29, 0.717) is 12.8 Å². The van der Waals surface area contributed by atoms with Crippen molar-refractivity contribution in [1.82, 2.24) is 5.06 Å². The zero-order valence-electron chi connectivity index (χ0n) is 10.3. The summed E-state index contributed by atoms with van der Waals surface area (Å²) in [4.78, 5) is 16.1. The van der Waals surface area contributed by atoms with Crippen molar-refractivity contribution < 1.29 is 19.1 Å². The van der Waals surface area contributed by atoms with Crippen molar-refractivity contribution in [2.45, 2.75) is 51.6 Å². The fourth-order valence-corrected chi connectivity index (χ4v) is 2.84. The Morgan fingerprint density at radius 3 is 2.12 bits per heavy atom. The van der Waals surface area contributed by atoms with Crippen LogP contribution in [-0.4, -0.2) is 34.1 Å². The summed E-state index contributed by atoms with van der Waals surface area (Å²) in [6, 6.07) is 0. The number of hydroxylamine groups is 2. The van der Waals surface area contributed by atoms with Crippen molar-refractivity contribution in [2.75, 3.05) is 6.86 Å². The first-order valence-electron chi connectivity index (χ1n) is 5.43. The zero-order chi connectivity index (χ0) is 12.6. The van der Waals surface area contributed by atoms with Gasteiger partial charge < -0.3 is 5.11 Å². The molecule has 0 unspecified atom stereocenters. The maximum atomic E-state index is 12.3. The van der Waals surface area contributed by atoms with Gasteiger partial charge in [0, 0.05) is 11.1 Å². The Hall–Kier alpha value is -0.680. The monoisotopic (exact) mass is 233 g/mol. The topological polar surface area (TPSA) is 49.8 Å². The SMILES string of the molecule is CC1(C)CC(C(=O)O)CC(C)(C)N1OCF. The summed E-state index contributed by atoms with van der Waals surface area (Å²) in [5.74, 6) is -1.19. The van der Waals surface area contributed by atoms with Gasteiger partial charge >= 0.3 is 5.97 Å². The van der Waals surface area contributed by atoms with Crippen molar-refractivity contribution in [3.63, 3.8) is 0 Å². The highest BCUT2D eigenvalue weighted by atomic mass is 19.1. The number of hydrogen-bond donors (Lipinski definition) is 1. The summed E-state index contributed by atoms with van der Waals surface area (Å²) in [6.45, 7) is 6.61. The van der Waals surface area contributed by atoms with E-state index in [-0.39, 0.29) is 0 Å². The van der Waals surface area contributed by atoms with Crippen LogP contribution in [0.5, 0.6) is 0 Å². The van der Waals surface area contributed by atoms with Crippen LogP contribution in [0.25, 0.3) is 0 Å². The van der Waals surface area contributed by atoms with E-state index in [2.05, 4.69) is 0 Å². The summed E-state index contributed by atoms with van der Waals surface area (Å²) in [5.41, 5.74) is -0.951. The molecular weight excluding hydrogens is 213 g/mol. The molecule has 0 aromatic heterocycles. The average molecular weight is 233 g/mol. The maximum absolute atomic E-state index is 12.3. The number of nitrogens with zero attached hydrogens (tertiary/aromatic N) is 1. The molecule has 1 N–H and O–H groups in total. The molecule has 0 radical (unpaired) electrons. The van der Waals surface area contributed by atoms with Crippen LogP contribution in [0.1, 0.15) is 40.5 Å². The van der Waals surface area contributed by atoms with E-state index in [1.165, 1.54) is 0 Å². The lowest BCUT2D eigenvalue weighted by Gasteiger charge is -2.52. The van der Waals surface area contributed by atoms with Gasteiger partial charge in [0.05, 0.1) is 5.92 Å². The van der Waals surface area contributed by atoms with E-state index >= 15 is 0 Å². The third-order valence-corrected chi connectivity index (χ3v) is 3.12. The average Bonchev–Trinajstić information content (AvgIpc) is 2.09. The second-order valence-corrected chi connectivity index (χ2v) is 5.60. The van der Waals surface area contributed by atoms with Crippen LogP contribution in [0, 0.1) is 5.92 Å². The molecule has 94 valence electrons. The number of alkyl halides is 1. The van der Waals surface area contributed by atoms with Gasteiger partial charge in [-0.05, 0) is 40.5 Å². The van der Waals surface area contributed by atoms with Crippen molar-refractivity contribution in [3.8, 4) is 0 Å².